The molecule has 0 spiro atoms. The summed E-state index contributed by atoms with van der Waals surface area (Å²) in [6.45, 7) is 4.79. The zero-order valence-corrected chi connectivity index (χ0v) is 11.9. The molecule has 5 heteroatoms. The highest BCUT2D eigenvalue weighted by atomic mass is 16.1. The van der Waals surface area contributed by atoms with Crippen molar-refractivity contribution in [2.75, 3.05) is 6.54 Å². The van der Waals surface area contributed by atoms with Crippen LogP contribution in [0.3, 0.4) is 0 Å². The highest BCUT2D eigenvalue weighted by Gasteiger charge is 2.04. The Morgan fingerprint density at radius 3 is 2.85 bits per heavy atom. The van der Waals surface area contributed by atoms with Crippen LogP contribution >= 0.6 is 0 Å². The fourth-order valence-corrected chi connectivity index (χ4v) is 2.00. The Hall–Kier alpha value is -2.17. The van der Waals surface area contributed by atoms with E-state index in [-0.39, 0.29) is 5.91 Å². The smallest absolute Gasteiger partial charge is 0.224 e. The molecule has 1 heterocycles. The predicted molar refractivity (Wildman–Crippen MR) is 77.3 cm³/mol. The Kier molecular flexibility index (Phi) is 4.87. The van der Waals surface area contributed by atoms with Gasteiger partial charge in [0.1, 0.15) is 12.2 Å². The highest BCUT2D eigenvalue weighted by molar-refractivity contribution is 5.78. The second-order valence-corrected chi connectivity index (χ2v) is 4.98. The van der Waals surface area contributed by atoms with Crippen LogP contribution in [-0.2, 0) is 17.6 Å². The SMILES string of the molecule is Cc1ccc(CC(=O)NCCCc2ncn[nH]2)cc1C. The zero-order valence-electron chi connectivity index (χ0n) is 11.9. The Labute approximate surface area is 118 Å². The van der Waals surface area contributed by atoms with Crippen molar-refractivity contribution >= 4 is 5.91 Å². The number of nitrogens with zero attached hydrogens (tertiary/aromatic N) is 2. The molecule has 2 rings (SSSR count). The van der Waals surface area contributed by atoms with Crippen molar-refractivity contribution in [1.82, 2.24) is 20.5 Å². The van der Waals surface area contributed by atoms with Crippen molar-refractivity contribution in [3.05, 3.63) is 47.0 Å². The number of aryl methyl sites for hydroxylation is 3. The van der Waals surface area contributed by atoms with Gasteiger partial charge in [-0.15, -0.1) is 0 Å². The number of hydrogen-bond donors (Lipinski definition) is 2. The molecule has 0 saturated heterocycles. The Balaban J connectivity index is 1.71. The van der Waals surface area contributed by atoms with E-state index in [4.69, 9.17) is 0 Å². The largest absolute Gasteiger partial charge is 0.356 e. The lowest BCUT2D eigenvalue weighted by Gasteiger charge is -2.06. The normalized spacial score (nSPS) is 10.5. The average Bonchev–Trinajstić information content (AvgIpc) is 2.92. The molecule has 0 bridgehead atoms. The lowest BCUT2D eigenvalue weighted by atomic mass is 10.0. The molecular formula is C15H20N4O. The van der Waals surface area contributed by atoms with Crippen LogP contribution < -0.4 is 5.32 Å². The molecule has 0 fully saturated rings. The van der Waals surface area contributed by atoms with Gasteiger partial charge in [0.25, 0.3) is 0 Å². The summed E-state index contributed by atoms with van der Waals surface area (Å²) in [6, 6.07) is 6.14. The molecule has 0 radical (unpaired) electrons. The van der Waals surface area contributed by atoms with E-state index in [0.717, 1.165) is 24.2 Å². The number of amides is 1. The summed E-state index contributed by atoms with van der Waals surface area (Å²) < 4.78 is 0. The number of hydrogen-bond acceptors (Lipinski definition) is 3. The first-order valence-corrected chi connectivity index (χ1v) is 6.82. The summed E-state index contributed by atoms with van der Waals surface area (Å²) >= 11 is 0. The molecule has 0 saturated carbocycles. The van der Waals surface area contributed by atoms with Crippen molar-refractivity contribution in [3.63, 3.8) is 0 Å². The number of nitrogens with one attached hydrogen (secondary N) is 2. The van der Waals surface area contributed by atoms with Crippen LogP contribution in [0.4, 0.5) is 0 Å². The number of aromatic nitrogens is 3. The van der Waals surface area contributed by atoms with Crippen LogP contribution in [0.1, 0.15) is 28.9 Å². The lowest BCUT2D eigenvalue weighted by molar-refractivity contribution is -0.120. The van der Waals surface area contributed by atoms with E-state index in [2.05, 4.69) is 46.5 Å². The number of aromatic amines is 1. The maximum atomic E-state index is 11.8. The van der Waals surface area contributed by atoms with Gasteiger partial charge in [-0.3, -0.25) is 9.89 Å². The summed E-state index contributed by atoms with van der Waals surface area (Å²) in [4.78, 5) is 15.9. The van der Waals surface area contributed by atoms with E-state index in [1.54, 1.807) is 0 Å². The molecule has 2 aromatic rings. The molecule has 0 aliphatic heterocycles. The maximum Gasteiger partial charge on any atom is 0.224 e. The van der Waals surface area contributed by atoms with Gasteiger partial charge in [0.2, 0.25) is 5.91 Å². The minimum atomic E-state index is 0.0609. The molecule has 20 heavy (non-hydrogen) atoms. The molecule has 0 unspecified atom stereocenters. The van der Waals surface area contributed by atoms with Crippen LogP contribution in [0.2, 0.25) is 0 Å². The van der Waals surface area contributed by atoms with Crippen LogP contribution in [0.25, 0.3) is 0 Å². The molecule has 0 atom stereocenters. The molecule has 1 amide bonds. The Morgan fingerprint density at radius 1 is 1.30 bits per heavy atom. The van der Waals surface area contributed by atoms with Crippen LogP contribution in [0.15, 0.2) is 24.5 Å². The quantitative estimate of drug-likeness (QED) is 0.786. The van der Waals surface area contributed by atoms with Gasteiger partial charge >= 0.3 is 0 Å². The van der Waals surface area contributed by atoms with Crippen LogP contribution in [-0.4, -0.2) is 27.6 Å². The summed E-state index contributed by atoms with van der Waals surface area (Å²) in [6.07, 6.45) is 3.58. The average molecular weight is 272 g/mol. The van der Waals surface area contributed by atoms with Gasteiger partial charge in [0.05, 0.1) is 6.42 Å². The maximum absolute atomic E-state index is 11.8. The topological polar surface area (TPSA) is 70.7 Å². The Bertz CT molecular complexity index is 563. The van der Waals surface area contributed by atoms with Gasteiger partial charge in [-0.2, -0.15) is 5.10 Å². The second kappa shape index (κ2) is 6.84. The molecule has 5 nitrogen and oxygen atoms in total. The van der Waals surface area contributed by atoms with Gasteiger partial charge in [0, 0.05) is 13.0 Å². The van der Waals surface area contributed by atoms with Crippen molar-refractivity contribution in [2.45, 2.75) is 33.1 Å². The van der Waals surface area contributed by atoms with Crippen molar-refractivity contribution in [3.8, 4) is 0 Å². The number of carbonyl (C=O) groups is 1. The Morgan fingerprint density at radius 2 is 2.15 bits per heavy atom. The molecule has 106 valence electrons. The van der Waals surface area contributed by atoms with Crippen LogP contribution in [0, 0.1) is 13.8 Å². The minimum absolute atomic E-state index is 0.0609. The van der Waals surface area contributed by atoms with Gasteiger partial charge in [-0.05, 0) is 37.0 Å². The standard InChI is InChI=1S/C15H20N4O/c1-11-5-6-13(8-12(11)2)9-15(20)16-7-3-4-14-17-10-18-19-14/h5-6,8,10H,3-4,7,9H2,1-2H3,(H,16,20)(H,17,18,19). The van der Waals surface area contributed by atoms with Crippen molar-refractivity contribution in [2.24, 2.45) is 0 Å². The van der Waals surface area contributed by atoms with Crippen molar-refractivity contribution in [1.29, 1.82) is 0 Å². The first kappa shape index (κ1) is 14.2. The molecule has 1 aromatic carbocycles. The first-order chi connectivity index (χ1) is 9.65. The summed E-state index contributed by atoms with van der Waals surface area (Å²) in [5, 5.41) is 9.51. The predicted octanol–water partition coefficient (Wildman–Crippen LogP) is 1.71. The van der Waals surface area contributed by atoms with Gasteiger partial charge in [-0.1, -0.05) is 18.2 Å². The number of carbonyl (C=O) groups excluding carboxylic acids is 1. The third kappa shape index (κ3) is 4.19. The molecule has 2 N–H and O–H groups in total. The summed E-state index contributed by atoms with van der Waals surface area (Å²) in [5.41, 5.74) is 3.53. The number of H-pyrrole nitrogens is 1. The fraction of sp³-hybridized carbons (Fsp3) is 0.400. The van der Waals surface area contributed by atoms with E-state index in [1.807, 2.05) is 6.07 Å². The van der Waals surface area contributed by atoms with Gasteiger partial charge in [0.15, 0.2) is 0 Å². The fourth-order valence-electron chi connectivity index (χ4n) is 2.00. The van der Waals surface area contributed by atoms with E-state index >= 15 is 0 Å². The third-order valence-corrected chi connectivity index (χ3v) is 3.31. The van der Waals surface area contributed by atoms with E-state index < -0.39 is 0 Å². The van der Waals surface area contributed by atoms with E-state index in [1.165, 1.54) is 17.5 Å². The van der Waals surface area contributed by atoms with E-state index in [0.29, 0.717) is 13.0 Å². The summed E-state index contributed by atoms with van der Waals surface area (Å²) in [7, 11) is 0. The summed E-state index contributed by atoms with van der Waals surface area (Å²) in [5.74, 6) is 0.916. The molecule has 1 aromatic heterocycles. The van der Waals surface area contributed by atoms with Crippen molar-refractivity contribution < 1.29 is 4.79 Å². The molecule has 0 aliphatic carbocycles. The van der Waals surface area contributed by atoms with E-state index in [9.17, 15) is 4.79 Å². The highest BCUT2D eigenvalue weighted by Crippen LogP contribution is 2.10. The van der Waals surface area contributed by atoms with Gasteiger partial charge < -0.3 is 5.32 Å². The van der Waals surface area contributed by atoms with Gasteiger partial charge in [-0.25, -0.2) is 4.98 Å². The van der Waals surface area contributed by atoms with Crippen LogP contribution in [0.5, 0.6) is 0 Å². The number of benzene rings is 1. The second-order valence-electron chi connectivity index (χ2n) is 4.98. The minimum Gasteiger partial charge on any atom is -0.356 e. The number of rotatable bonds is 6. The monoisotopic (exact) mass is 272 g/mol. The lowest BCUT2D eigenvalue weighted by Crippen LogP contribution is -2.26. The molecular weight excluding hydrogens is 252 g/mol. The third-order valence-electron chi connectivity index (χ3n) is 3.31. The zero-order chi connectivity index (χ0) is 14.4. The molecule has 0 aliphatic rings. The first-order valence-electron chi connectivity index (χ1n) is 6.82.